The highest BCUT2D eigenvalue weighted by atomic mass is 32.1. The highest BCUT2D eigenvalue weighted by Crippen LogP contribution is 2.29. The van der Waals surface area contributed by atoms with E-state index in [1.165, 1.54) is 32.1 Å². The molecule has 0 aliphatic rings. The van der Waals surface area contributed by atoms with Crippen LogP contribution in [-0.2, 0) is 6.42 Å². The van der Waals surface area contributed by atoms with Crippen LogP contribution in [0.4, 0.5) is 0 Å². The average molecular weight is 275 g/mol. The lowest BCUT2D eigenvalue weighted by molar-refractivity contribution is 0.603. The quantitative estimate of drug-likeness (QED) is 0.794. The molecule has 92 valence electrons. The monoisotopic (exact) mass is 275 g/mol. The molecular weight excluding hydrogens is 262 g/mol. The van der Waals surface area contributed by atoms with E-state index in [1.54, 1.807) is 0 Å². The summed E-state index contributed by atoms with van der Waals surface area (Å²) in [5.74, 6) is 0. The maximum Gasteiger partial charge on any atom is 0.0669 e. The van der Waals surface area contributed by atoms with Crippen molar-refractivity contribution < 1.29 is 0 Å². The van der Waals surface area contributed by atoms with Crippen LogP contribution in [0.25, 0.3) is 10.1 Å². The molecule has 0 aliphatic heterocycles. The fourth-order valence-electron chi connectivity index (χ4n) is 2.08. The fraction of sp³-hybridized carbons (Fsp3) is 0.231. The summed E-state index contributed by atoms with van der Waals surface area (Å²) in [6.45, 7) is 0. The first kappa shape index (κ1) is 11.8. The van der Waals surface area contributed by atoms with Crippen LogP contribution in [0, 0.1) is 0 Å². The Hall–Kier alpha value is -1.30. The summed E-state index contributed by atoms with van der Waals surface area (Å²) in [6.07, 6.45) is 2.82. The molecule has 1 atom stereocenters. The van der Waals surface area contributed by atoms with Gasteiger partial charge in [0.25, 0.3) is 0 Å². The molecule has 0 spiro atoms. The number of thiophene rings is 1. The zero-order valence-electron chi connectivity index (χ0n) is 9.96. The van der Waals surface area contributed by atoms with Gasteiger partial charge in [0.1, 0.15) is 0 Å². The molecule has 0 saturated carbocycles. The second kappa shape index (κ2) is 5.14. The lowest BCUT2D eigenvalue weighted by Gasteiger charge is -2.12. The van der Waals surface area contributed by atoms with E-state index >= 15 is 0 Å². The van der Waals surface area contributed by atoms with Crippen LogP contribution in [0.1, 0.15) is 16.5 Å². The third-order valence-electron chi connectivity index (χ3n) is 3.06. The number of rotatable bonds is 4. The SMILES string of the molecule is CNC(Cc1csc2ccccc12)c1cnns1. The number of likely N-dealkylation sites (N-methyl/N-ethyl adjacent to an activating group) is 1. The molecule has 1 N–H and O–H groups in total. The Balaban J connectivity index is 1.91. The molecule has 0 saturated heterocycles. The van der Waals surface area contributed by atoms with Crippen LogP contribution in [0.15, 0.2) is 35.8 Å². The molecule has 1 unspecified atom stereocenters. The second-order valence-electron chi connectivity index (χ2n) is 4.12. The number of fused-ring (bicyclic) bond motifs is 1. The predicted octanol–water partition coefficient (Wildman–Crippen LogP) is 3.26. The van der Waals surface area contributed by atoms with Crippen LogP contribution >= 0.6 is 22.9 Å². The fourth-order valence-corrected chi connectivity index (χ4v) is 3.67. The number of hydrogen-bond donors (Lipinski definition) is 1. The van der Waals surface area contributed by atoms with Gasteiger partial charge in [-0.2, -0.15) is 0 Å². The summed E-state index contributed by atoms with van der Waals surface area (Å²) in [4.78, 5) is 1.19. The summed E-state index contributed by atoms with van der Waals surface area (Å²) in [6, 6.07) is 8.85. The minimum Gasteiger partial charge on any atom is -0.312 e. The van der Waals surface area contributed by atoms with Crippen molar-refractivity contribution in [3.05, 3.63) is 46.3 Å². The van der Waals surface area contributed by atoms with Gasteiger partial charge in [-0.3, -0.25) is 0 Å². The summed E-state index contributed by atoms with van der Waals surface area (Å²) in [5, 5.41) is 10.9. The maximum atomic E-state index is 3.94. The highest BCUT2D eigenvalue weighted by molar-refractivity contribution is 7.17. The van der Waals surface area contributed by atoms with Gasteiger partial charge in [0.05, 0.1) is 11.1 Å². The highest BCUT2D eigenvalue weighted by Gasteiger charge is 2.14. The van der Waals surface area contributed by atoms with E-state index in [0.29, 0.717) is 6.04 Å². The van der Waals surface area contributed by atoms with Crippen molar-refractivity contribution in [2.75, 3.05) is 7.05 Å². The van der Waals surface area contributed by atoms with E-state index in [0.717, 1.165) is 6.42 Å². The standard InChI is InChI=1S/C13H13N3S2/c1-14-11(13-7-15-16-18-13)6-9-8-17-12-5-3-2-4-10(9)12/h2-5,7-8,11,14H,6H2,1H3. The molecule has 3 nitrogen and oxygen atoms in total. The van der Waals surface area contributed by atoms with Crippen molar-refractivity contribution >= 4 is 33.0 Å². The van der Waals surface area contributed by atoms with Crippen molar-refractivity contribution in [1.29, 1.82) is 0 Å². The van der Waals surface area contributed by atoms with E-state index < -0.39 is 0 Å². The molecule has 3 aromatic rings. The average Bonchev–Trinajstić information content (AvgIpc) is 3.06. The van der Waals surface area contributed by atoms with Crippen molar-refractivity contribution in [3.63, 3.8) is 0 Å². The van der Waals surface area contributed by atoms with Gasteiger partial charge in [0.15, 0.2) is 0 Å². The van der Waals surface area contributed by atoms with Crippen LogP contribution in [0.2, 0.25) is 0 Å². The normalized spacial score (nSPS) is 12.9. The summed E-state index contributed by atoms with van der Waals surface area (Å²) >= 11 is 3.27. The smallest absolute Gasteiger partial charge is 0.0669 e. The first-order chi connectivity index (χ1) is 8.88. The Morgan fingerprint density at radius 3 is 3.00 bits per heavy atom. The summed E-state index contributed by atoms with van der Waals surface area (Å²) < 4.78 is 5.29. The van der Waals surface area contributed by atoms with Crippen LogP contribution in [0.5, 0.6) is 0 Å². The minimum absolute atomic E-state index is 0.294. The predicted molar refractivity (Wildman–Crippen MR) is 77.2 cm³/mol. The Morgan fingerprint density at radius 1 is 1.33 bits per heavy atom. The first-order valence-electron chi connectivity index (χ1n) is 5.78. The molecule has 0 radical (unpaired) electrons. The maximum absolute atomic E-state index is 3.94. The minimum atomic E-state index is 0.294. The van der Waals surface area contributed by atoms with Gasteiger partial charge in [0, 0.05) is 10.7 Å². The number of benzene rings is 1. The van der Waals surface area contributed by atoms with Crippen molar-refractivity contribution in [3.8, 4) is 0 Å². The number of nitrogens with one attached hydrogen (secondary N) is 1. The van der Waals surface area contributed by atoms with E-state index in [9.17, 15) is 0 Å². The zero-order chi connectivity index (χ0) is 12.4. The van der Waals surface area contributed by atoms with Gasteiger partial charge in [-0.05, 0) is 47.4 Å². The van der Waals surface area contributed by atoms with E-state index in [1.807, 2.05) is 24.6 Å². The summed E-state index contributed by atoms with van der Waals surface area (Å²) in [5.41, 5.74) is 1.39. The third-order valence-corrected chi connectivity index (χ3v) is 4.84. The third kappa shape index (κ3) is 2.16. The molecule has 1 aromatic carbocycles. The molecule has 3 rings (SSSR count). The van der Waals surface area contributed by atoms with E-state index in [4.69, 9.17) is 0 Å². The number of nitrogens with zero attached hydrogens (tertiary/aromatic N) is 2. The van der Waals surface area contributed by atoms with Gasteiger partial charge in [0.2, 0.25) is 0 Å². The number of aromatic nitrogens is 2. The van der Waals surface area contributed by atoms with Crippen LogP contribution in [-0.4, -0.2) is 16.6 Å². The molecule has 0 bridgehead atoms. The van der Waals surface area contributed by atoms with Gasteiger partial charge in [-0.25, -0.2) is 0 Å². The zero-order valence-corrected chi connectivity index (χ0v) is 11.6. The second-order valence-corrected chi connectivity index (χ2v) is 5.85. The molecule has 0 amide bonds. The van der Waals surface area contributed by atoms with E-state index in [-0.39, 0.29) is 0 Å². The van der Waals surface area contributed by atoms with Gasteiger partial charge in [-0.1, -0.05) is 22.7 Å². The molecule has 0 aliphatic carbocycles. The first-order valence-corrected chi connectivity index (χ1v) is 7.43. The Kier molecular flexibility index (Phi) is 3.36. The van der Waals surface area contributed by atoms with Crippen molar-refractivity contribution in [2.45, 2.75) is 12.5 Å². The molecule has 2 aromatic heterocycles. The Bertz CT molecular complexity index is 631. The molecule has 0 fully saturated rings. The lowest BCUT2D eigenvalue weighted by atomic mass is 10.0. The largest absolute Gasteiger partial charge is 0.312 e. The topological polar surface area (TPSA) is 37.8 Å². The molecular formula is C13H13N3S2. The Morgan fingerprint density at radius 2 is 2.22 bits per heavy atom. The molecule has 2 heterocycles. The molecule has 5 heteroatoms. The van der Waals surface area contributed by atoms with Crippen molar-refractivity contribution in [2.24, 2.45) is 0 Å². The van der Waals surface area contributed by atoms with Crippen LogP contribution < -0.4 is 5.32 Å². The van der Waals surface area contributed by atoms with Crippen molar-refractivity contribution in [1.82, 2.24) is 14.9 Å². The van der Waals surface area contributed by atoms with E-state index in [2.05, 4.69) is 44.5 Å². The molecule has 18 heavy (non-hydrogen) atoms. The number of hydrogen-bond acceptors (Lipinski definition) is 5. The Labute approximate surface area is 114 Å². The lowest BCUT2D eigenvalue weighted by Crippen LogP contribution is -2.17. The van der Waals surface area contributed by atoms with Gasteiger partial charge >= 0.3 is 0 Å². The van der Waals surface area contributed by atoms with Crippen LogP contribution in [0.3, 0.4) is 0 Å². The van der Waals surface area contributed by atoms with Gasteiger partial charge < -0.3 is 5.32 Å². The van der Waals surface area contributed by atoms with Gasteiger partial charge in [-0.15, -0.1) is 16.4 Å². The summed E-state index contributed by atoms with van der Waals surface area (Å²) in [7, 11) is 1.99.